The van der Waals surface area contributed by atoms with Gasteiger partial charge in [-0.15, -0.1) is 0 Å². The Kier molecular flexibility index (Phi) is 3.30. The Bertz CT molecular complexity index is 651. The Morgan fingerprint density at radius 2 is 1.90 bits per heavy atom. The summed E-state index contributed by atoms with van der Waals surface area (Å²) in [5.74, 6) is 0.332. The highest BCUT2D eigenvalue weighted by molar-refractivity contribution is 6.08. The zero-order chi connectivity index (χ0) is 14.1. The monoisotopic (exact) mass is 270 g/mol. The van der Waals surface area contributed by atoms with E-state index in [2.05, 4.69) is 4.98 Å². The first-order chi connectivity index (χ1) is 9.66. The van der Waals surface area contributed by atoms with Crippen LogP contribution in [0.15, 0.2) is 30.5 Å². The number of carbonyl (C=O) groups is 2. The number of para-hydroxylation sites is 1. The normalized spacial score (nSPS) is 16.6. The number of piperidine rings is 1. The van der Waals surface area contributed by atoms with Crippen molar-refractivity contribution in [1.29, 1.82) is 0 Å². The van der Waals surface area contributed by atoms with E-state index in [0.29, 0.717) is 13.1 Å². The van der Waals surface area contributed by atoms with Gasteiger partial charge in [-0.25, -0.2) is 0 Å². The minimum Gasteiger partial charge on any atom is -0.360 e. The van der Waals surface area contributed by atoms with Crippen LogP contribution in [0.5, 0.6) is 0 Å². The van der Waals surface area contributed by atoms with Crippen molar-refractivity contribution in [1.82, 2.24) is 9.88 Å². The summed E-state index contributed by atoms with van der Waals surface area (Å²) >= 11 is 0. The number of hydrogen-bond donors (Lipinski definition) is 1. The van der Waals surface area contributed by atoms with Crippen LogP contribution in [0.2, 0.25) is 0 Å². The minimum absolute atomic E-state index is 0.0322. The van der Waals surface area contributed by atoms with Crippen LogP contribution < -0.4 is 0 Å². The van der Waals surface area contributed by atoms with Gasteiger partial charge in [0.15, 0.2) is 5.78 Å². The van der Waals surface area contributed by atoms with Crippen molar-refractivity contribution in [2.24, 2.45) is 5.92 Å². The van der Waals surface area contributed by atoms with Crippen molar-refractivity contribution >= 4 is 22.6 Å². The van der Waals surface area contributed by atoms with E-state index in [1.165, 1.54) is 0 Å². The number of nitrogens with one attached hydrogen (secondary N) is 1. The van der Waals surface area contributed by atoms with Gasteiger partial charge in [-0.05, 0) is 18.9 Å². The van der Waals surface area contributed by atoms with E-state index in [4.69, 9.17) is 0 Å². The zero-order valence-corrected chi connectivity index (χ0v) is 11.6. The highest BCUT2D eigenvalue weighted by atomic mass is 16.2. The molecule has 4 nitrogen and oxygen atoms in total. The average Bonchev–Trinajstić information content (AvgIpc) is 2.90. The van der Waals surface area contributed by atoms with Crippen molar-refractivity contribution in [3.8, 4) is 0 Å². The molecule has 0 unspecified atom stereocenters. The van der Waals surface area contributed by atoms with Gasteiger partial charge < -0.3 is 9.88 Å². The number of likely N-dealkylation sites (tertiary alicyclic amines) is 1. The van der Waals surface area contributed by atoms with Crippen molar-refractivity contribution in [2.75, 3.05) is 13.1 Å². The molecule has 2 heterocycles. The summed E-state index contributed by atoms with van der Waals surface area (Å²) in [4.78, 5) is 28.9. The lowest BCUT2D eigenvalue weighted by Gasteiger charge is -2.30. The second-order valence-corrected chi connectivity index (χ2v) is 5.39. The molecule has 1 aromatic carbocycles. The fourth-order valence-corrected chi connectivity index (χ4v) is 2.95. The van der Waals surface area contributed by atoms with E-state index in [0.717, 1.165) is 29.3 Å². The maximum absolute atomic E-state index is 12.6. The Labute approximate surface area is 117 Å². The highest BCUT2D eigenvalue weighted by Crippen LogP contribution is 2.26. The van der Waals surface area contributed by atoms with E-state index < -0.39 is 0 Å². The van der Waals surface area contributed by atoms with E-state index in [1.807, 2.05) is 35.4 Å². The minimum atomic E-state index is 0.0322. The summed E-state index contributed by atoms with van der Waals surface area (Å²) in [7, 11) is 0. The lowest BCUT2D eigenvalue weighted by molar-refractivity contribution is -0.130. The number of fused-ring (bicyclic) bond motifs is 1. The zero-order valence-electron chi connectivity index (χ0n) is 11.6. The lowest BCUT2D eigenvalue weighted by Crippen LogP contribution is -2.39. The fourth-order valence-electron chi connectivity index (χ4n) is 2.95. The van der Waals surface area contributed by atoms with Crippen molar-refractivity contribution in [3.05, 3.63) is 36.0 Å². The van der Waals surface area contributed by atoms with Crippen molar-refractivity contribution in [2.45, 2.75) is 19.8 Å². The standard InChI is InChI=1S/C16H18N2O2/c1-11(19)18-8-6-12(7-9-18)16(20)14-10-17-15-5-3-2-4-13(14)15/h2-5,10,12,17H,6-9H2,1H3. The van der Waals surface area contributed by atoms with Gasteiger partial charge in [-0.2, -0.15) is 0 Å². The topological polar surface area (TPSA) is 53.2 Å². The number of hydrogen-bond acceptors (Lipinski definition) is 2. The van der Waals surface area contributed by atoms with Gasteiger partial charge in [0.25, 0.3) is 0 Å². The number of Topliss-reactive ketones (excluding diaryl/α,β-unsaturated/α-hetero) is 1. The summed E-state index contributed by atoms with van der Waals surface area (Å²) < 4.78 is 0. The average molecular weight is 270 g/mol. The van der Waals surface area contributed by atoms with Crippen molar-refractivity contribution in [3.63, 3.8) is 0 Å². The first kappa shape index (κ1) is 12.9. The third-order valence-electron chi connectivity index (χ3n) is 4.17. The van der Waals surface area contributed by atoms with E-state index in [-0.39, 0.29) is 17.6 Å². The summed E-state index contributed by atoms with van der Waals surface area (Å²) in [6, 6.07) is 7.86. The molecule has 0 spiro atoms. The third-order valence-corrected chi connectivity index (χ3v) is 4.17. The molecule has 0 aliphatic carbocycles. The SMILES string of the molecule is CC(=O)N1CCC(C(=O)c2c[nH]c3ccccc23)CC1. The van der Waals surface area contributed by atoms with Crippen LogP contribution >= 0.6 is 0 Å². The van der Waals surface area contributed by atoms with E-state index in [9.17, 15) is 9.59 Å². The quantitative estimate of drug-likeness (QED) is 0.853. The van der Waals surface area contributed by atoms with Crippen LogP contribution in [0.1, 0.15) is 30.1 Å². The van der Waals surface area contributed by atoms with E-state index in [1.54, 1.807) is 6.92 Å². The van der Waals surface area contributed by atoms with Gasteiger partial charge in [0.2, 0.25) is 5.91 Å². The number of rotatable bonds is 2. The molecule has 104 valence electrons. The largest absolute Gasteiger partial charge is 0.360 e. The number of ketones is 1. The van der Waals surface area contributed by atoms with Crippen LogP contribution in [0.25, 0.3) is 10.9 Å². The second kappa shape index (κ2) is 5.12. The summed E-state index contributed by atoms with van der Waals surface area (Å²) in [6.07, 6.45) is 3.33. The smallest absolute Gasteiger partial charge is 0.219 e. The van der Waals surface area contributed by atoms with Crippen LogP contribution in [0.4, 0.5) is 0 Å². The maximum Gasteiger partial charge on any atom is 0.219 e. The number of carbonyl (C=O) groups excluding carboxylic acids is 2. The van der Waals surface area contributed by atoms with Crippen LogP contribution in [0.3, 0.4) is 0 Å². The molecule has 1 amide bonds. The van der Waals surface area contributed by atoms with Gasteiger partial charge in [0.1, 0.15) is 0 Å². The molecule has 1 aromatic heterocycles. The Hall–Kier alpha value is -2.10. The van der Waals surface area contributed by atoms with E-state index >= 15 is 0 Å². The fraction of sp³-hybridized carbons (Fsp3) is 0.375. The molecule has 1 saturated heterocycles. The maximum atomic E-state index is 12.6. The molecule has 1 aliphatic heterocycles. The molecule has 0 saturated carbocycles. The molecule has 0 atom stereocenters. The number of amides is 1. The van der Waals surface area contributed by atoms with Gasteiger partial charge >= 0.3 is 0 Å². The van der Waals surface area contributed by atoms with Gasteiger partial charge in [-0.1, -0.05) is 18.2 Å². The molecule has 0 bridgehead atoms. The van der Waals surface area contributed by atoms with Crippen LogP contribution in [0, 0.1) is 5.92 Å². The molecule has 0 radical (unpaired) electrons. The molecular formula is C16H18N2O2. The van der Waals surface area contributed by atoms with Crippen molar-refractivity contribution < 1.29 is 9.59 Å². The molecule has 20 heavy (non-hydrogen) atoms. The number of benzene rings is 1. The lowest BCUT2D eigenvalue weighted by atomic mass is 9.89. The molecule has 1 N–H and O–H groups in total. The summed E-state index contributed by atoms with van der Waals surface area (Å²) in [6.45, 7) is 2.96. The van der Waals surface area contributed by atoms with Crippen LogP contribution in [-0.2, 0) is 4.79 Å². The molecule has 4 heteroatoms. The predicted molar refractivity (Wildman–Crippen MR) is 77.6 cm³/mol. The first-order valence-electron chi connectivity index (χ1n) is 7.02. The number of aromatic amines is 1. The highest BCUT2D eigenvalue weighted by Gasteiger charge is 2.27. The summed E-state index contributed by atoms with van der Waals surface area (Å²) in [5.41, 5.74) is 1.78. The molecule has 2 aromatic rings. The predicted octanol–water partition coefficient (Wildman–Crippen LogP) is 2.61. The Morgan fingerprint density at radius 3 is 2.60 bits per heavy atom. The Balaban J connectivity index is 1.78. The van der Waals surface area contributed by atoms with Crippen LogP contribution in [-0.4, -0.2) is 34.7 Å². The molecule has 1 fully saturated rings. The summed E-state index contributed by atoms with van der Waals surface area (Å²) in [5, 5.41) is 0.992. The van der Waals surface area contributed by atoms with Gasteiger partial charge in [0, 0.05) is 48.6 Å². The first-order valence-corrected chi connectivity index (χ1v) is 7.02. The number of H-pyrrole nitrogens is 1. The van der Waals surface area contributed by atoms with Gasteiger partial charge in [-0.3, -0.25) is 9.59 Å². The molecular weight excluding hydrogens is 252 g/mol. The third kappa shape index (κ3) is 2.22. The molecule has 3 rings (SSSR count). The number of nitrogens with zero attached hydrogens (tertiary/aromatic N) is 1. The Morgan fingerprint density at radius 1 is 1.20 bits per heavy atom. The van der Waals surface area contributed by atoms with Gasteiger partial charge in [0.05, 0.1) is 0 Å². The second-order valence-electron chi connectivity index (χ2n) is 5.39. The molecule has 1 aliphatic rings. The number of aromatic nitrogens is 1.